The van der Waals surface area contributed by atoms with Gasteiger partial charge in [-0.25, -0.2) is 4.98 Å². The number of carbonyl (C=O) groups is 1. The molecule has 1 atom stereocenters. The molecule has 5 heteroatoms. The fraction of sp³-hybridized carbons (Fsp3) is 0.706. The number of H-pyrrole nitrogens is 1. The smallest absolute Gasteiger partial charge is 0.251 e. The molecule has 1 aliphatic carbocycles. The van der Waals surface area contributed by atoms with E-state index in [0.717, 1.165) is 45.1 Å². The van der Waals surface area contributed by atoms with Crippen LogP contribution in [0.15, 0.2) is 10.9 Å². The van der Waals surface area contributed by atoms with Gasteiger partial charge in [-0.1, -0.05) is 19.3 Å². The summed E-state index contributed by atoms with van der Waals surface area (Å²) in [6, 6.07) is 1.50. The summed E-state index contributed by atoms with van der Waals surface area (Å²) in [4.78, 5) is 34.1. The number of aromatic nitrogens is 2. The van der Waals surface area contributed by atoms with Crippen molar-refractivity contribution in [3.63, 3.8) is 0 Å². The summed E-state index contributed by atoms with van der Waals surface area (Å²) in [5.41, 5.74) is 0.0947. The third-order valence-corrected chi connectivity index (χ3v) is 5.24. The molecule has 22 heavy (non-hydrogen) atoms. The molecular weight excluding hydrogens is 278 g/mol. The first-order valence-electron chi connectivity index (χ1n) is 8.40. The Hall–Kier alpha value is -1.65. The zero-order valence-corrected chi connectivity index (χ0v) is 13.5. The number of hydrogen-bond donors (Lipinski definition) is 1. The Labute approximate surface area is 131 Å². The van der Waals surface area contributed by atoms with E-state index in [9.17, 15) is 9.59 Å². The number of amides is 1. The van der Waals surface area contributed by atoms with E-state index in [1.54, 1.807) is 0 Å². The van der Waals surface area contributed by atoms with Crippen molar-refractivity contribution in [3.05, 3.63) is 27.9 Å². The van der Waals surface area contributed by atoms with Gasteiger partial charge < -0.3 is 9.88 Å². The highest BCUT2D eigenvalue weighted by Gasteiger charge is 2.44. The van der Waals surface area contributed by atoms with Gasteiger partial charge in [0.1, 0.15) is 5.82 Å². The van der Waals surface area contributed by atoms with Crippen LogP contribution in [-0.2, 0) is 10.3 Å². The fourth-order valence-corrected chi connectivity index (χ4v) is 3.97. The lowest BCUT2D eigenvalue weighted by atomic mass is 9.87. The maximum atomic E-state index is 13.0. The molecule has 2 heterocycles. The highest BCUT2D eigenvalue weighted by Crippen LogP contribution is 2.39. The van der Waals surface area contributed by atoms with Gasteiger partial charge in [0.2, 0.25) is 5.91 Å². The lowest BCUT2D eigenvalue weighted by Gasteiger charge is -2.37. The highest BCUT2D eigenvalue weighted by atomic mass is 16.2. The molecule has 0 aromatic carbocycles. The number of aryl methyl sites for hydroxylation is 1. The van der Waals surface area contributed by atoms with Gasteiger partial charge in [0.15, 0.2) is 0 Å². The van der Waals surface area contributed by atoms with Gasteiger partial charge in [-0.2, -0.15) is 0 Å². The predicted molar refractivity (Wildman–Crippen MR) is 84.5 cm³/mol. The van der Waals surface area contributed by atoms with Crippen LogP contribution < -0.4 is 5.56 Å². The average molecular weight is 303 g/mol. The predicted octanol–water partition coefficient (Wildman–Crippen LogP) is 2.50. The van der Waals surface area contributed by atoms with Gasteiger partial charge in [-0.05, 0) is 39.5 Å². The monoisotopic (exact) mass is 303 g/mol. The Balaban J connectivity index is 1.90. The SMILES string of the molecule is Cc1cc(=O)[nH]c(C2(C)CCCN2C(=O)C2CCCCC2)n1. The van der Waals surface area contributed by atoms with Crippen molar-refractivity contribution in [2.45, 2.75) is 64.3 Å². The maximum Gasteiger partial charge on any atom is 0.251 e. The molecular formula is C17H25N3O2. The number of rotatable bonds is 2. The van der Waals surface area contributed by atoms with Crippen LogP contribution in [0.5, 0.6) is 0 Å². The van der Waals surface area contributed by atoms with Crippen LogP contribution in [0, 0.1) is 12.8 Å². The minimum absolute atomic E-state index is 0.138. The average Bonchev–Trinajstić information content (AvgIpc) is 2.90. The quantitative estimate of drug-likeness (QED) is 0.913. The Morgan fingerprint density at radius 2 is 2.05 bits per heavy atom. The molecule has 0 radical (unpaired) electrons. The first kappa shape index (κ1) is 15.3. The van der Waals surface area contributed by atoms with Gasteiger partial charge in [0.05, 0.1) is 5.54 Å². The minimum atomic E-state index is -0.473. The van der Waals surface area contributed by atoms with Crippen LogP contribution in [0.4, 0.5) is 0 Å². The number of nitrogens with one attached hydrogen (secondary N) is 1. The molecule has 0 bridgehead atoms. The Morgan fingerprint density at radius 1 is 1.32 bits per heavy atom. The van der Waals surface area contributed by atoms with Gasteiger partial charge >= 0.3 is 0 Å². The normalized spacial score (nSPS) is 26.4. The molecule has 1 aromatic rings. The molecule has 1 aromatic heterocycles. The van der Waals surface area contributed by atoms with Crippen LogP contribution in [0.1, 0.15) is 63.4 Å². The summed E-state index contributed by atoms with van der Waals surface area (Å²) >= 11 is 0. The Morgan fingerprint density at radius 3 is 2.73 bits per heavy atom. The molecule has 1 saturated heterocycles. The van der Waals surface area contributed by atoms with Crippen LogP contribution in [0.25, 0.3) is 0 Å². The van der Waals surface area contributed by atoms with Crippen molar-refractivity contribution < 1.29 is 4.79 Å². The second-order valence-electron chi connectivity index (χ2n) is 6.94. The molecule has 120 valence electrons. The van der Waals surface area contributed by atoms with Crippen LogP contribution in [-0.4, -0.2) is 27.3 Å². The summed E-state index contributed by atoms with van der Waals surface area (Å²) in [7, 11) is 0. The topological polar surface area (TPSA) is 66.1 Å². The summed E-state index contributed by atoms with van der Waals surface area (Å²) in [5.74, 6) is 1.05. The van der Waals surface area contributed by atoms with E-state index in [4.69, 9.17) is 0 Å². The van der Waals surface area contributed by atoms with Crippen molar-refractivity contribution in [2.75, 3.05) is 6.54 Å². The number of carbonyl (C=O) groups excluding carboxylic acids is 1. The second-order valence-corrected chi connectivity index (χ2v) is 6.94. The molecule has 1 N–H and O–H groups in total. The first-order chi connectivity index (χ1) is 10.5. The Bertz CT molecular complexity index is 619. The molecule has 5 nitrogen and oxygen atoms in total. The molecule has 2 fully saturated rings. The summed E-state index contributed by atoms with van der Waals surface area (Å²) in [5, 5.41) is 0. The zero-order valence-electron chi connectivity index (χ0n) is 13.5. The van der Waals surface area contributed by atoms with Crippen molar-refractivity contribution in [3.8, 4) is 0 Å². The molecule has 2 aliphatic rings. The van der Waals surface area contributed by atoms with E-state index in [1.807, 2.05) is 18.7 Å². The van der Waals surface area contributed by atoms with Crippen molar-refractivity contribution in [1.82, 2.24) is 14.9 Å². The van der Waals surface area contributed by atoms with Crippen LogP contribution in [0.3, 0.4) is 0 Å². The summed E-state index contributed by atoms with van der Waals surface area (Å²) in [6.45, 7) is 4.63. The van der Waals surface area contributed by atoms with E-state index < -0.39 is 5.54 Å². The number of aromatic amines is 1. The zero-order chi connectivity index (χ0) is 15.7. The molecule has 0 spiro atoms. The second kappa shape index (κ2) is 5.86. The van der Waals surface area contributed by atoms with E-state index in [-0.39, 0.29) is 17.4 Å². The number of nitrogens with zero attached hydrogens (tertiary/aromatic N) is 2. The fourth-order valence-electron chi connectivity index (χ4n) is 3.97. The molecule has 1 amide bonds. The molecule has 1 saturated carbocycles. The number of likely N-dealkylation sites (tertiary alicyclic amines) is 1. The van der Waals surface area contributed by atoms with Crippen molar-refractivity contribution in [2.24, 2.45) is 5.92 Å². The summed E-state index contributed by atoms with van der Waals surface area (Å²) < 4.78 is 0. The largest absolute Gasteiger partial charge is 0.330 e. The maximum absolute atomic E-state index is 13.0. The van der Waals surface area contributed by atoms with Gasteiger partial charge in [0.25, 0.3) is 5.56 Å². The van der Waals surface area contributed by atoms with Gasteiger partial charge in [-0.3, -0.25) is 9.59 Å². The number of hydrogen-bond acceptors (Lipinski definition) is 3. The lowest BCUT2D eigenvalue weighted by molar-refractivity contribution is -0.141. The van der Waals surface area contributed by atoms with Gasteiger partial charge in [0, 0.05) is 24.2 Å². The van der Waals surface area contributed by atoms with Gasteiger partial charge in [-0.15, -0.1) is 0 Å². The Kier molecular flexibility index (Phi) is 4.06. The lowest BCUT2D eigenvalue weighted by Crippen LogP contribution is -2.47. The van der Waals surface area contributed by atoms with E-state index in [0.29, 0.717) is 11.5 Å². The molecule has 3 rings (SSSR count). The van der Waals surface area contributed by atoms with Crippen molar-refractivity contribution >= 4 is 5.91 Å². The molecule has 1 unspecified atom stereocenters. The standard InChI is InChI=1S/C17H25N3O2/c1-12-11-14(21)19-16(18-12)17(2)9-6-10-20(17)15(22)13-7-4-3-5-8-13/h11,13H,3-10H2,1-2H3,(H,18,19,21). The third kappa shape index (κ3) is 2.69. The first-order valence-corrected chi connectivity index (χ1v) is 8.40. The minimum Gasteiger partial charge on any atom is -0.330 e. The third-order valence-electron chi connectivity index (χ3n) is 5.24. The van der Waals surface area contributed by atoms with Crippen LogP contribution in [0.2, 0.25) is 0 Å². The van der Waals surface area contributed by atoms with Crippen LogP contribution >= 0.6 is 0 Å². The van der Waals surface area contributed by atoms with E-state index in [2.05, 4.69) is 9.97 Å². The highest BCUT2D eigenvalue weighted by molar-refractivity contribution is 5.80. The van der Waals surface area contributed by atoms with E-state index >= 15 is 0 Å². The van der Waals surface area contributed by atoms with E-state index in [1.165, 1.54) is 12.5 Å². The summed E-state index contributed by atoms with van der Waals surface area (Å²) in [6.07, 6.45) is 7.38. The van der Waals surface area contributed by atoms with Crippen molar-refractivity contribution in [1.29, 1.82) is 0 Å². The molecule has 1 aliphatic heterocycles.